The van der Waals surface area contributed by atoms with E-state index in [0.717, 1.165) is 0 Å². The van der Waals surface area contributed by atoms with Gasteiger partial charge in [0.25, 0.3) is 0 Å². The summed E-state index contributed by atoms with van der Waals surface area (Å²) in [5, 5.41) is 16.0. The Morgan fingerprint density at radius 2 is 1.94 bits per heavy atom. The number of amides is 2. The third-order valence-corrected chi connectivity index (χ3v) is 1.77. The van der Waals surface area contributed by atoms with Crippen molar-refractivity contribution < 1.29 is 19.5 Å². The lowest BCUT2D eigenvalue weighted by Gasteiger charge is -2.05. The smallest absolute Gasteiger partial charge is 0.227 e. The lowest BCUT2D eigenvalue weighted by molar-refractivity contribution is -0.122. The van der Waals surface area contributed by atoms with E-state index in [2.05, 4.69) is 15.8 Å². The van der Waals surface area contributed by atoms with Crippen LogP contribution in [0.25, 0.3) is 0 Å². The van der Waals surface area contributed by atoms with Crippen molar-refractivity contribution in [2.75, 3.05) is 26.8 Å². The van der Waals surface area contributed by atoms with Gasteiger partial charge in [0.1, 0.15) is 5.84 Å². The molecule has 0 radical (unpaired) electrons. The first-order chi connectivity index (χ1) is 8.10. The van der Waals surface area contributed by atoms with E-state index in [0.29, 0.717) is 13.2 Å². The van der Waals surface area contributed by atoms with Crippen molar-refractivity contribution in [1.29, 1.82) is 0 Å². The fourth-order valence-corrected chi connectivity index (χ4v) is 0.959. The van der Waals surface area contributed by atoms with Crippen LogP contribution in [0.2, 0.25) is 0 Å². The number of methoxy groups -OCH3 is 1. The van der Waals surface area contributed by atoms with Crippen molar-refractivity contribution in [1.82, 2.24) is 10.6 Å². The summed E-state index contributed by atoms with van der Waals surface area (Å²) in [4.78, 5) is 22.3. The Labute approximate surface area is 99.2 Å². The molecule has 0 saturated heterocycles. The molecule has 0 aromatic carbocycles. The van der Waals surface area contributed by atoms with E-state index >= 15 is 0 Å². The Balaban J connectivity index is 3.55. The molecular formula is C9H18N4O4. The molecule has 8 heteroatoms. The molecule has 0 rings (SSSR count). The molecule has 0 unspecified atom stereocenters. The molecule has 0 aromatic rings. The summed E-state index contributed by atoms with van der Waals surface area (Å²) in [5.74, 6) is -0.747. The molecule has 0 spiro atoms. The summed E-state index contributed by atoms with van der Waals surface area (Å²) in [6.07, 6.45) is -0.0204. The second-order valence-corrected chi connectivity index (χ2v) is 3.21. The fourth-order valence-electron chi connectivity index (χ4n) is 0.959. The third-order valence-electron chi connectivity index (χ3n) is 1.77. The number of rotatable bonds is 8. The molecule has 0 atom stereocenters. The highest BCUT2D eigenvalue weighted by molar-refractivity contribution is 5.98. The second-order valence-electron chi connectivity index (χ2n) is 3.21. The zero-order chi connectivity index (χ0) is 13.1. The van der Waals surface area contributed by atoms with Gasteiger partial charge < -0.3 is 26.3 Å². The maximum Gasteiger partial charge on any atom is 0.227 e. The van der Waals surface area contributed by atoms with Crippen LogP contribution in [0.1, 0.15) is 12.8 Å². The molecule has 0 aliphatic heterocycles. The molecule has 17 heavy (non-hydrogen) atoms. The Bertz CT molecular complexity index is 280. The van der Waals surface area contributed by atoms with E-state index in [4.69, 9.17) is 15.7 Å². The van der Waals surface area contributed by atoms with Gasteiger partial charge in [0.15, 0.2) is 0 Å². The van der Waals surface area contributed by atoms with Gasteiger partial charge in [-0.05, 0) is 0 Å². The number of nitrogens with two attached hydrogens (primary N) is 1. The van der Waals surface area contributed by atoms with E-state index in [1.807, 2.05) is 0 Å². The summed E-state index contributed by atoms with van der Waals surface area (Å²) < 4.78 is 4.76. The van der Waals surface area contributed by atoms with Gasteiger partial charge in [-0.2, -0.15) is 0 Å². The third kappa shape index (κ3) is 9.12. The highest BCUT2D eigenvalue weighted by atomic mass is 16.5. The molecule has 2 amide bonds. The number of nitrogens with zero attached hydrogens (tertiary/aromatic N) is 1. The minimum atomic E-state index is -0.398. The van der Waals surface area contributed by atoms with Crippen molar-refractivity contribution in [3.63, 3.8) is 0 Å². The predicted molar refractivity (Wildman–Crippen MR) is 60.5 cm³/mol. The first-order valence-corrected chi connectivity index (χ1v) is 5.09. The number of nitrogens with one attached hydrogen (secondary N) is 2. The molecule has 0 heterocycles. The number of hydrogen-bond acceptors (Lipinski definition) is 5. The van der Waals surface area contributed by atoms with Crippen molar-refractivity contribution >= 4 is 17.6 Å². The molecule has 8 nitrogen and oxygen atoms in total. The maximum atomic E-state index is 11.2. The molecule has 0 aliphatic carbocycles. The quantitative estimate of drug-likeness (QED) is 0.135. The Morgan fingerprint density at radius 1 is 1.29 bits per heavy atom. The first kappa shape index (κ1) is 15.2. The van der Waals surface area contributed by atoms with Crippen LogP contribution in [-0.2, 0) is 14.3 Å². The monoisotopic (exact) mass is 246 g/mol. The summed E-state index contributed by atoms with van der Waals surface area (Å²) in [6.45, 7) is 1.09. The number of hydrogen-bond donors (Lipinski definition) is 4. The molecule has 0 saturated carbocycles. The molecule has 0 bridgehead atoms. The average Bonchev–Trinajstić information content (AvgIpc) is 2.29. The van der Waals surface area contributed by atoms with Crippen LogP contribution in [0.15, 0.2) is 5.16 Å². The fraction of sp³-hybridized carbons (Fsp3) is 0.667. The van der Waals surface area contributed by atoms with Crippen molar-refractivity contribution in [2.24, 2.45) is 10.9 Å². The van der Waals surface area contributed by atoms with Gasteiger partial charge in [0.05, 0.1) is 13.0 Å². The van der Waals surface area contributed by atoms with Gasteiger partial charge in [-0.3, -0.25) is 9.59 Å². The maximum absolute atomic E-state index is 11.2. The number of amidine groups is 1. The molecular weight excluding hydrogens is 228 g/mol. The van der Waals surface area contributed by atoms with Crippen LogP contribution in [0.3, 0.4) is 0 Å². The Hall–Kier alpha value is -1.83. The summed E-state index contributed by atoms with van der Waals surface area (Å²) in [5.41, 5.74) is 5.13. The molecule has 0 aromatic heterocycles. The van der Waals surface area contributed by atoms with Gasteiger partial charge in [-0.1, -0.05) is 5.16 Å². The zero-order valence-electron chi connectivity index (χ0n) is 9.73. The lowest BCUT2D eigenvalue weighted by atomic mass is 10.3. The predicted octanol–water partition coefficient (Wildman–Crippen LogP) is -1.61. The van der Waals surface area contributed by atoms with Gasteiger partial charge in [-0.25, -0.2) is 0 Å². The van der Waals surface area contributed by atoms with E-state index in [-0.39, 0.29) is 31.1 Å². The van der Waals surface area contributed by atoms with Gasteiger partial charge in [0, 0.05) is 26.6 Å². The Kier molecular flexibility index (Phi) is 8.39. The number of carbonyl (C=O) groups is 2. The highest BCUT2D eigenvalue weighted by Gasteiger charge is 2.05. The molecule has 0 fully saturated rings. The van der Waals surface area contributed by atoms with Crippen LogP contribution in [-0.4, -0.2) is 49.7 Å². The molecule has 0 aliphatic rings. The average molecular weight is 246 g/mol. The number of ether oxygens (including phenoxy) is 1. The van der Waals surface area contributed by atoms with Crippen LogP contribution in [0, 0.1) is 0 Å². The van der Waals surface area contributed by atoms with E-state index < -0.39 is 5.91 Å². The molecule has 5 N–H and O–H groups in total. The molecule has 98 valence electrons. The SMILES string of the molecule is COCCNC(=O)CCNC(=O)CC(N)=NO. The zero-order valence-corrected chi connectivity index (χ0v) is 9.73. The minimum absolute atomic E-state index is 0.172. The second kappa shape index (κ2) is 9.40. The van der Waals surface area contributed by atoms with Crippen LogP contribution in [0.4, 0.5) is 0 Å². The van der Waals surface area contributed by atoms with Crippen molar-refractivity contribution in [2.45, 2.75) is 12.8 Å². The largest absolute Gasteiger partial charge is 0.409 e. The standard InChI is InChI=1S/C9H18N4O4/c1-17-5-4-12-8(14)2-3-11-9(15)6-7(10)13-16/h16H,2-6H2,1H3,(H2,10,13)(H,11,15)(H,12,14). The first-order valence-electron chi connectivity index (χ1n) is 5.09. The van der Waals surface area contributed by atoms with Crippen molar-refractivity contribution in [3.05, 3.63) is 0 Å². The van der Waals surface area contributed by atoms with Crippen LogP contribution >= 0.6 is 0 Å². The van der Waals surface area contributed by atoms with E-state index in [1.54, 1.807) is 7.11 Å². The number of oxime groups is 1. The minimum Gasteiger partial charge on any atom is -0.409 e. The lowest BCUT2D eigenvalue weighted by Crippen LogP contribution is -2.33. The van der Waals surface area contributed by atoms with Gasteiger partial charge in [0.2, 0.25) is 11.8 Å². The summed E-state index contributed by atoms with van der Waals surface area (Å²) >= 11 is 0. The summed E-state index contributed by atoms with van der Waals surface area (Å²) in [7, 11) is 1.54. The number of carbonyl (C=O) groups excluding carboxylic acids is 2. The van der Waals surface area contributed by atoms with Crippen LogP contribution in [0.5, 0.6) is 0 Å². The highest BCUT2D eigenvalue weighted by Crippen LogP contribution is 1.82. The summed E-state index contributed by atoms with van der Waals surface area (Å²) in [6, 6.07) is 0. The normalized spacial score (nSPS) is 11.0. The van der Waals surface area contributed by atoms with E-state index in [9.17, 15) is 9.59 Å². The van der Waals surface area contributed by atoms with Crippen molar-refractivity contribution in [3.8, 4) is 0 Å². The van der Waals surface area contributed by atoms with Gasteiger partial charge >= 0.3 is 0 Å². The topological polar surface area (TPSA) is 126 Å². The van der Waals surface area contributed by atoms with Crippen LogP contribution < -0.4 is 16.4 Å². The van der Waals surface area contributed by atoms with E-state index in [1.165, 1.54) is 0 Å². The Morgan fingerprint density at radius 3 is 2.53 bits per heavy atom. The van der Waals surface area contributed by atoms with Gasteiger partial charge in [-0.15, -0.1) is 0 Å².